The number of carbonyl (C=O) groups excluding carboxylic acids is 1. The van der Waals surface area contributed by atoms with Crippen LogP contribution in [0.3, 0.4) is 0 Å². The highest BCUT2D eigenvalue weighted by Crippen LogP contribution is 2.20. The Balaban J connectivity index is 2.97. The van der Waals surface area contributed by atoms with Crippen LogP contribution < -0.4 is 5.32 Å². The zero-order chi connectivity index (χ0) is 16.4. The van der Waals surface area contributed by atoms with Crippen molar-refractivity contribution in [2.24, 2.45) is 0 Å². The van der Waals surface area contributed by atoms with Gasteiger partial charge in [-0.05, 0) is 20.8 Å². The quantitative estimate of drug-likeness (QED) is 0.518. The van der Waals surface area contributed by atoms with Gasteiger partial charge in [0.1, 0.15) is 5.69 Å². The van der Waals surface area contributed by atoms with Crippen molar-refractivity contribution in [1.29, 1.82) is 0 Å². The fourth-order valence-corrected chi connectivity index (χ4v) is 1.59. The summed E-state index contributed by atoms with van der Waals surface area (Å²) in [4.78, 5) is 32.9. The molecule has 1 rings (SSSR count). The lowest BCUT2D eigenvalue weighted by molar-refractivity contribution is -0.384. The van der Waals surface area contributed by atoms with Gasteiger partial charge < -0.3 is 20.1 Å². The topological polar surface area (TPSA) is 135 Å². The molecule has 3 N–H and O–H groups in total. The summed E-state index contributed by atoms with van der Waals surface area (Å²) in [6, 6.07) is 0.907. The monoisotopic (exact) mass is 299 g/mol. The maximum absolute atomic E-state index is 12.0. The highest BCUT2D eigenvalue weighted by atomic mass is 16.6. The molecule has 9 nitrogen and oxygen atoms in total. The minimum Gasteiger partial charge on any atom is -0.479 e. The summed E-state index contributed by atoms with van der Waals surface area (Å²) >= 11 is 0. The number of nitrogens with zero attached hydrogens (tertiary/aromatic N) is 2. The van der Waals surface area contributed by atoms with E-state index in [-0.39, 0.29) is 17.4 Å². The van der Waals surface area contributed by atoms with Crippen molar-refractivity contribution in [2.75, 3.05) is 6.54 Å². The highest BCUT2D eigenvalue weighted by Gasteiger charge is 2.31. The molecule has 0 aliphatic carbocycles. The number of carboxylic acids is 1. The fourth-order valence-electron chi connectivity index (χ4n) is 1.59. The number of aromatic nitrogens is 1. The van der Waals surface area contributed by atoms with Crippen LogP contribution in [0.4, 0.5) is 5.69 Å². The second kappa shape index (κ2) is 5.92. The number of hydrogen-bond donors (Lipinski definition) is 3. The molecule has 0 aromatic carbocycles. The summed E-state index contributed by atoms with van der Waals surface area (Å²) in [5.74, 6) is -2.17. The van der Waals surface area contributed by atoms with Gasteiger partial charge in [0.15, 0.2) is 5.60 Å². The van der Waals surface area contributed by atoms with Crippen LogP contribution in [0.15, 0.2) is 12.3 Å². The first-order chi connectivity index (χ1) is 9.56. The Morgan fingerprint density at radius 2 is 2.10 bits per heavy atom. The molecule has 0 saturated carbocycles. The molecule has 0 aliphatic heterocycles. The zero-order valence-electron chi connectivity index (χ0n) is 11.9. The Labute approximate surface area is 120 Å². The summed E-state index contributed by atoms with van der Waals surface area (Å²) < 4.78 is 1.41. The van der Waals surface area contributed by atoms with Crippen LogP contribution >= 0.6 is 0 Å². The number of nitrogens with one attached hydrogen (secondary N) is 1. The molecular formula is C12H17N3O6. The third kappa shape index (κ3) is 3.78. The van der Waals surface area contributed by atoms with Crippen molar-refractivity contribution < 1.29 is 24.7 Å². The molecule has 21 heavy (non-hydrogen) atoms. The summed E-state index contributed by atoms with van der Waals surface area (Å²) in [7, 11) is 0. The van der Waals surface area contributed by atoms with Gasteiger partial charge in [-0.15, -0.1) is 0 Å². The van der Waals surface area contributed by atoms with Gasteiger partial charge in [-0.2, -0.15) is 0 Å². The fraction of sp³-hybridized carbons (Fsp3) is 0.500. The largest absolute Gasteiger partial charge is 0.479 e. The van der Waals surface area contributed by atoms with Gasteiger partial charge in [0, 0.05) is 12.1 Å². The molecule has 0 bridgehead atoms. The van der Waals surface area contributed by atoms with Crippen LogP contribution in [-0.4, -0.2) is 43.7 Å². The lowest BCUT2D eigenvalue weighted by Gasteiger charge is -2.19. The number of nitro groups is 1. The molecule has 0 fully saturated rings. The van der Waals surface area contributed by atoms with E-state index in [0.29, 0.717) is 0 Å². The van der Waals surface area contributed by atoms with E-state index in [9.17, 15) is 24.8 Å². The SMILES string of the molecule is CC(C)n1cc([N+](=O)[O-])cc1C(=O)NCC(C)(O)C(=O)O. The molecule has 1 unspecified atom stereocenters. The van der Waals surface area contributed by atoms with E-state index in [1.807, 2.05) is 0 Å². The van der Waals surface area contributed by atoms with Gasteiger partial charge in [0.05, 0.1) is 17.7 Å². The van der Waals surface area contributed by atoms with Gasteiger partial charge in [0.25, 0.3) is 11.6 Å². The van der Waals surface area contributed by atoms with E-state index >= 15 is 0 Å². The predicted molar refractivity (Wildman–Crippen MR) is 72.1 cm³/mol. The van der Waals surface area contributed by atoms with Crippen molar-refractivity contribution in [3.05, 3.63) is 28.1 Å². The van der Waals surface area contributed by atoms with Crippen molar-refractivity contribution in [3.63, 3.8) is 0 Å². The second-order valence-corrected chi connectivity index (χ2v) is 5.10. The standard InChI is InChI=1S/C12H17N3O6/c1-7(2)14-5-8(15(20)21)4-9(14)10(16)13-6-12(3,19)11(17)18/h4-5,7,19H,6H2,1-3H3,(H,13,16)(H,17,18). The zero-order valence-corrected chi connectivity index (χ0v) is 11.9. The number of carbonyl (C=O) groups is 2. The number of carboxylic acid groups (broad SMARTS) is 1. The molecular weight excluding hydrogens is 282 g/mol. The number of rotatable bonds is 6. The number of amides is 1. The van der Waals surface area contributed by atoms with Crippen LogP contribution in [0.25, 0.3) is 0 Å². The van der Waals surface area contributed by atoms with Gasteiger partial charge in [-0.1, -0.05) is 0 Å². The Morgan fingerprint density at radius 1 is 1.52 bits per heavy atom. The molecule has 116 valence electrons. The maximum Gasteiger partial charge on any atom is 0.337 e. The van der Waals surface area contributed by atoms with Gasteiger partial charge in [0.2, 0.25) is 0 Å². The lowest BCUT2D eigenvalue weighted by atomic mass is 10.1. The summed E-state index contributed by atoms with van der Waals surface area (Å²) in [5.41, 5.74) is -2.33. The smallest absolute Gasteiger partial charge is 0.337 e. The number of aliphatic hydroxyl groups is 1. The van der Waals surface area contributed by atoms with Crippen molar-refractivity contribution >= 4 is 17.6 Å². The third-order valence-corrected chi connectivity index (χ3v) is 2.89. The van der Waals surface area contributed by atoms with Crippen LogP contribution in [-0.2, 0) is 4.79 Å². The molecule has 1 aromatic heterocycles. The molecule has 1 heterocycles. The van der Waals surface area contributed by atoms with Crippen molar-refractivity contribution in [2.45, 2.75) is 32.4 Å². The minimum absolute atomic E-state index is 0.0258. The summed E-state index contributed by atoms with van der Waals surface area (Å²) in [5, 5.41) is 31.3. The van der Waals surface area contributed by atoms with Gasteiger partial charge >= 0.3 is 5.97 Å². The first-order valence-corrected chi connectivity index (χ1v) is 6.16. The van der Waals surface area contributed by atoms with Gasteiger partial charge in [-0.3, -0.25) is 14.9 Å². The van der Waals surface area contributed by atoms with E-state index in [4.69, 9.17) is 5.11 Å². The van der Waals surface area contributed by atoms with Crippen LogP contribution in [0.5, 0.6) is 0 Å². The van der Waals surface area contributed by atoms with Crippen LogP contribution in [0.2, 0.25) is 0 Å². The molecule has 0 aliphatic rings. The molecule has 1 atom stereocenters. The molecule has 0 radical (unpaired) electrons. The average molecular weight is 299 g/mol. The van der Waals surface area contributed by atoms with E-state index < -0.39 is 28.9 Å². The number of hydrogen-bond acceptors (Lipinski definition) is 5. The summed E-state index contributed by atoms with van der Waals surface area (Å²) in [6.45, 7) is 4.01. The van der Waals surface area contributed by atoms with Crippen molar-refractivity contribution in [1.82, 2.24) is 9.88 Å². The van der Waals surface area contributed by atoms with E-state index in [0.717, 1.165) is 13.0 Å². The molecule has 1 aromatic rings. The molecule has 1 amide bonds. The highest BCUT2D eigenvalue weighted by molar-refractivity contribution is 5.94. The summed E-state index contributed by atoms with van der Waals surface area (Å²) in [6.07, 6.45) is 1.23. The minimum atomic E-state index is -2.11. The third-order valence-electron chi connectivity index (χ3n) is 2.89. The first-order valence-electron chi connectivity index (χ1n) is 6.16. The molecule has 0 saturated heterocycles. The Morgan fingerprint density at radius 3 is 2.52 bits per heavy atom. The Hall–Kier alpha value is -2.42. The second-order valence-electron chi connectivity index (χ2n) is 5.10. The Bertz CT molecular complexity index is 576. The van der Waals surface area contributed by atoms with E-state index in [1.165, 1.54) is 10.8 Å². The average Bonchev–Trinajstić information content (AvgIpc) is 2.81. The lowest BCUT2D eigenvalue weighted by Crippen LogP contribution is -2.46. The van der Waals surface area contributed by atoms with E-state index in [1.54, 1.807) is 13.8 Å². The van der Waals surface area contributed by atoms with Gasteiger partial charge in [-0.25, -0.2) is 4.79 Å². The normalized spacial score (nSPS) is 13.8. The van der Waals surface area contributed by atoms with Crippen LogP contribution in [0.1, 0.15) is 37.3 Å². The maximum atomic E-state index is 12.0. The van der Waals surface area contributed by atoms with Crippen molar-refractivity contribution in [3.8, 4) is 0 Å². The van der Waals surface area contributed by atoms with E-state index in [2.05, 4.69) is 5.32 Å². The van der Waals surface area contributed by atoms with Crippen LogP contribution in [0, 0.1) is 10.1 Å². The molecule has 9 heteroatoms. The molecule has 0 spiro atoms. The number of aliphatic carboxylic acids is 1. The first kappa shape index (κ1) is 16.6. The Kier molecular flexibility index (Phi) is 4.69. The predicted octanol–water partition coefficient (Wildman–Crippen LogP) is 0.543.